The van der Waals surface area contributed by atoms with Crippen LogP contribution in [0.25, 0.3) is 0 Å². The Morgan fingerprint density at radius 1 is 1.55 bits per heavy atom. The number of aliphatic hydroxyl groups is 2. The number of benzene rings is 1. The number of ether oxygens (including phenoxy) is 2. The molecule has 1 aromatic rings. The second kappa shape index (κ2) is 5.63. The minimum Gasteiger partial charge on any atom is -0.459 e. The van der Waals surface area contributed by atoms with Crippen molar-refractivity contribution in [3.05, 3.63) is 35.4 Å². The Bertz CT molecular complexity index is 530. The van der Waals surface area contributed by atoms with Gasteiger partial charge in [0.05, 0.1) is 11.7 Å². The topological polar surface area (TPSA) is 76.0 Å². The van der Waals surface area contributed by atoms with Crippen molar-refractivity contribution in [2.75, 3.05) is 6.61 Å². The molecule has 0 aliphatic carbocycles. The van der Waals surface area contributed by atoms with E-state index in [2.05, 4.69) is 5.92 Å². The van der Waals surface area contributed by atoms with E-state index in [-0.39, 0.29) is 13.0 Å². The largest absolute Gasteiger partial charge is 0.459 e. The quantitative estimate of drug-likeness (QED) is 0.625. The average molecular weight is 276 g/mol. The zero-order chi connectivity index (χ0) is 14.8. The third kappa shape index (κ3) is 2.99. The molecule has 0 spiro atoms. The summed E-state index contributed by atoms with van der Waals surface area (Å²) in [6.45, 7) is 1.84. The molecule has 0 bridgehead atoms. The Hall–Kier alpha value is -1.87. The van der Waals surface area contributed by atoms with E-state index in [4.69, 9.17) is 15.9 Å². The molecule has 0 saturated carbocycles. The van der Waals surface area contributed by atoms with E-state index in [0.29, 0.717) is 5.56 Å². The molecule has 2 rings (SSSR count). The van der Waals surface area contributed by atoms with Crippen LogP contribution in [0.1, 0.15) is 22.3 Å². The van der Waals surface area contributed by atoms with Gasteiger partial charge in [0.25, 0.3) is 0 Å². The summed E-state index contributed by atoms with van der Waals surface area (Å²) in [5.74, 6) is 1.60. The molecule has 0 radical (unpaired) electrons. The SMILES string of the molecule is C#CC1(O)CC(COC(=O)c2ccc(C)cc2)OC1O. The van der Waals surface area contributed by atoms with Crippen molar-refractivity contribution in [1.82, 2.24) is 0 Å². The summed E-state index contributed by atoms with van der Waals surface area (Å²) in [7, 11) is 0. The molecule has 1 aromatic carbocycles. The second-order valence-electron chi connectivity index (χ2n) is 4.85. The molecule has 0 aromatic heterocycles. The Kier molecular flexibility index (Phi) is 4.09. The van der Waals surface area contributed by atoms with Crippen molar-refractivity contribution in [3.8, 4) is 12.3 Å². The van der Waals surface area contributed by atoms with Gasteiger partial charge in [-0.05, 0) is 19.1 Å². The van der Waals surface area contributed by atoms with E-state index in [0.717, 1.165) is 5.56 Å². The Balaban J connectivity index is 1.89. The highest BCUT2D eigenvalue weighted by Gasteiger charge is 2.45. The molecule has 1 heterocycles. The van der Waals surface area contributed by atoms with Crippen LogP contribution in [0, 0.1) is 19.3 Å². The summed E-state index contributed by atoms with van der Waals surface area (Å²) >= 11 is 0. The van der Waals surface area contributed by atoms with Crippen LogP contribution >= 0.6 is 0 Å². The first-order chi connectivity index (χ1) is 9.44. The van der Waals surface area contributed by atoms with Crippen molar-refractivity contribution in [2.45, 2.75) is 31.3 Å². The standard InChI is InChI=1S/C15H16O5/c1-3-15(18)8-12(20-14(15)17)9-19-13(16)11-6-4-10(2)5-7-11/h1,4-7,12,14,17-18H,8-9H2,2H3. The van der Waals surface area contributed by atoms with Crippen LogP contribution in [-0.2, 0) is 9.47 Å². The van der Waals surface area contributed by atoms with E-state index in [1.807, 2.05) is 19.1 Å². The van der Waals surface area contributed by atoms with E-state index in [1.165, 1.54) is 0 Å². The molecule has 2 N–H and O–H groups in total. The number of hydrogen-bond donors (Lipinski definition) is 2. The lowest BCUT2D eigenvalue weighted by atomic mass is 10.0. The number of terminal acetylenes is 1. The van der Waals surface area contributed by atoms with Gasteiger partial charge in [0.2, 0.25) is 0 Å². The average Bonchev–Trinajstić information content (AvgIpc) is 2.73. The number of aryl methyl sites for hydroxylation is 1. The van der Waals surface area contributed by atoms with E-state index in [9.17, 15) is 15.0 Å². The Morgan fingerprint density at radius 3 is 2.75 bits per heavy atom. The van der Waals surface area contributed by atoms with Crippen LogP contribution in [0.5, 0.6) is 0 Å². The van der Waals surface area contributed by atoms with Crippen molar-refractivity contribution in [3.63, 3.8) is 0 Å². The highest BCUT2D eigenvalue weighted by atomic mass is 16.6. The maximum Gasteiger partial charge on any atom is 0.338 e. The number of hydrogen-bond acceptors (Lipinski definition) is 5. The number of aliphatic hydroxyl groups excluding tert-OH is 1. The first-order valence-corrected chi connectivity index (χ1v) is 6.22. The third-order valence-electron chi connectivity index (χ3n) is 3.21. The lowest BCUT2D eigenvalue weighted by molar-refractivity contribution is -0.152. The highest BCUT2D eigenvalue weighted by Crippen LogP contribution is 2.28. The lowest BCUT2D eigenvalue weighted by Gasteiger charge is -2.16. The summed E-state index contributed by atoms with van der Waals surface area (Å²) in [4.78, 5) is 11.8. The predicted octanol–water partition coefficient (Wildman–Crippen LogP) is 0.623. The molecule has 1 fully saturated rings. The first-order valence-electron chi connectivity index (χ1n) is 6.22. The van der Waals surface area contributed by atoms with E-state index < -0.39 is 24.0 Å². The van der Waals surface area contributed by atoms with Gasteiger partial charge >= 0.3 is 5.97 Å². The highest BCUT2D eigenvalue weighted by molar-refractivity contribution is 5.89. The summed E-state index contributed by atoms with van der Waals surface area (Å²) in [6.07, 6.45) is 3.07. The monoisotopic (exact) mass is 276 g/mol. The van der Waals surface area contributed by atoms with Crippen LogP contribution < -0.4 is 0 Å². The number of carbonyl (C=O) groups excluding carboxylic acids is 1. The van der Waals surface area contributed by atoms with Gasteiger partial charge in [0.15, 0.2) is 11.9 Å². The van der Waals surface area contributed by atoms with Gasteiger partial charge in [0.1, 0.15) is 6.61 Å². The van der Waals surface area contributed by atoms with Gasteiger partial charge in [0, 0.05) is 6.42 Å². The fourth-order valence-electron chi connectivity index (χ4n) is 1.96. The molecule has 5 heteroatoms. The summed E-state index contributed by atoms with van der Waals surface area (Å²) in [5, 5.41) is 19.3. The molecule has 1 aliphatic heterocycles. The van der Waals surface area contributed by atoms with Gasteiger partial charge in [-0.2, -0.15) is 0 Å². The normalized spacial score (nSPS) is 28.9. The fraction of sp³-hybridized carbons (Fsp3) is 0.400. The van der Waals surface area contributed by atoms with Crippen LogP contribution in [0.15, 0.2) is 24.3 Å². The molecule has 106 valence electrons. The third-order valence-corrected chi connectivity index (χ3v) is 3.21. The van der Waals surface area contributed by atoms with Crippen LogP contribution in [0.4, 0.5) is 0 Å². The predicted molar refractivity (Wildman–Crippen MR) is 70.7 cm³/mol. The summed E-state index contributed by atoms with van der Waals surface area (Å²) < 4.78 is 10.1. The number of rotatable bonds is 3. The fourth-order valence-corrected chi connectivity index (χ4v) is 1.96. The molecule has 0 amide bonds. The van der Waals surface area contributed by atoms with Crippen LogP contribution in [-0.4, -0.2) is 40.8 Å². The van der Waals surface area contributed by atoms with Gasteiger partial charge in [-0.1, -0.05) is 23.6 Å². The Labute approximate surface area is 117 Å². The molecule has 5 nitrogen and oxygen atoms in total. The van der Waals surface area contributed by atoms with E-state index >= 15 is 0 Å². The lowest BCUT2D eigenvalue weighted by Crippen LogP contribution is -2.36. The number of carbonyl (C=O) groups is 1. The molecular weight excluding hydrogens is 260 g/mol. The van der Waals surface area contributed by atoms with Crippen molar-refractivity contribution < 1.29 is 24.5 Å². The zero-order valence-corrected chi connectivity index (χ0v) is 11.1. The number of esters is 1. The Morgan fingerprint density at radius 2 is 2.20 bits per heavy atom. The van der Waals surface area contributed by atoms with Crippen LogP contribution in [0.2, 0.25) is 0 Å². The smallest absolute Gasteiger partial charge is 0.338 e. The molecule has 20 heavy (non-hydrogen) atoms. The van der Waals surface area contributed by atoms with Gasteiger partial charge < -0.3 is 19.7 Å². The first kappa shape index (κ1) is 14.5. The second-order valence-corrected chi connectivity index (χ2v) is 4.85. The van der Waals surface area contributed by atoms with Crippen molar-refractivity contribution >= 4 is 5.97 Å². The molecule has 3 atom stereocenters. The summed E-state index contributed by atoms with van der Waals surface area (Å²) in [6, 6.07) is 6.95. The molecule has 3 unspecified atom stereocenters. The molecule has 1 saturated heterocycles. The van der Waals surface area contributed by atoms with Gasteiger partial charge in [-0.15, -0.1) is 6.42 Å². The minimum absolute atomic E-state index is 0.0197. The maximum atomic E-state index is 11.8. The van der Waals surface area contributed by atoms with Crippen molar-refractivity contribution in [1.29, 1.82) is 0 Å². The van der Waals surface area contributed by atoms with Crippen LogP contribution in [0.3, 0.4) is 0 Å². The minimum atomic E-state index is -1.72. The van der Waals surface area contributed by atoms with E-state index in [1.54, 1.807) is 12.1 Å². The molecular formula is C15H16O5. The van der Waals surface area contributed by atoms with Gasteiger partial charge in [-0.3, -0.25) is 0 Å². The van der Waals surface area contributed by atoms with Gasteiger partial charge in [-0.25, -0.2) is 4.79 Å². The maximum absolute atomic E-state index is 11.8. The zero-order valence-electron chi connectivity index (χ0n) is 11.1. The molecule has 1 aliphatic rings. The summed E-state index contributed by atoms with van der Waals surface area (Å²) in [5.41, 5.74) is -0.245. The van der Waals surface area contributed by atoms with Crippen molar-refractivity contribution in [2.24, 2.45) is 0 Å².